The highest BCUT2D eigenvalue weighted by Gasteiger charge is 2.19. The van der Waals surface area contributed by atoms with Crippen LogP contribution in [0.5, 0.6) is 11.5 Å². The lowest BCUT2D eigenvalue weighted by Gasteiger charge is -2.23. The average molecular weight is 474 g/mol. The predicted octanol–water partition coefficient (Wildman–Crippen LogP) is 5.36. The summed E-state index contributed by atoms with van der Waals surface area (Å²) in [6.45, 7) is 7.40. The molecule has 0 saturated carbocycles. The molecule has 32 heavy (non-hydrogen) atoms. The molecule has 0 fully saturated rings. The van der Waals surface area contributed by atoms with Gasteiger partial charge in [-0.2, -0.15) is 0 Å². The molecule has 6 nitrogen and oxygen atoms in total. The molecule has 1 aromatic heterocycles. The molecular weight excluding hydrogens is 446 g/mol. The lowest BCUT2D eigenvalue weighted by atomic mass is 10.2. The van der Waals surface area contributed by atoms with Gasteiger partial charge in [0.25, 0.3) is 5.91 Å². The van der Waals surface area contributed by atoms with Crippen LogP contribution in [0.3, 0.4) is 0 Å². The van der Waals surface area contributed by atoms with E-state index in [-0.39, 0.29) is 5.91 Å². The zero-order valence-corrected chi connectivity index (χ0v) is 20.4. The molecule has 0 unspecified atom stereocenters. The van der Waals surface area contributed by atoms with Gasteiger partial charge in [0.05, 0.1) is 24.4 Å². The molecule has 1 amide bonds. The van der Waals surface area contributed by atoms with Gasteiger partial charge in [0.2, 0.25) is 0 Å². The first-order valence-corrected chi connectivity index (χ1v) is 11.7. The number of benzene rings is 2. The third-order valence-electron chi connectivity index (χ3n) is 5.20. The van der Waals surface area contributed by atoms with E-state index in [0.717, 1.165) is 35.4 Å². The number of amides is 1. The molecule has 0 N–H and O–H groups in total. The highest BCUT2D eigenvalue weighted by Crippen LogP contribution is 2.31. The molecular formula is C24H28ClN3O3S. The van der Waals surface area contributed by atoms with E-state index in [1.807, 2.05) is 36.4 Å². The molecule has 2 aromatic carbocycles. The third kappa shape index (κ3) is 5.79. The Morgan fingerprint density at radius 2 is 1.81 bits per heavy atom. The number of hydrogen-bond acceptors (Lipinski definition) is 6. The first kappa shape index (κ1) is 24.0. The largest absolute Gasteiger partial charge is 0.493 e. The molecule has 3 aromatic rings. The Kier molecular flexibility index (Phi) is 8.50. The fourth-order valence-corrected chi connectivity index (χ4v) is 4.57. The van der Waals surface area contributed by atoms with Crippen LogP contribution in [0.4, 0.5) is 5.13 Å². The molecule has 0 aliphatic heterocycles. The number of methoxy groups -OCH3 is 2. The van der Waals surface area contributed by atoms with Crippen molar-refractivity contribution in [2.24, 2.45) is 0 Å². The maximum Gasteiger partial charge on any atom is 0.252 e. The third-order valence-corrected chi connectivity index (χ3v) is 6.47. The first-order chi connectivity index (χ1) is 15.5. The number of nitrogens with zero attached hydrogens (tertiary/aromatic N) is 3. The minimum absolute atomic E-state index is 0.128. The molecule has 0 aliphatic carbocycles. The second-order valence-electron chi connectivity index (χ2n) is 7.07. The van der Waals surface area contributed by atoms with Gasteiger partial charge >= 0.3 is 0 Å². The molecule has 1 heterocycles. The number of anilines is 1. The van der Waals surface area contributed by atoms with Crippen LogP contribution in [0, 0.1) is 0 Å². The van der Waals surface area contributed by atoms with Crippen molar-refractivity contribution in [3.05, 3.63) is 53.1 Å². The Bertz CT molecular complexity index is 1100. The smallest absolute Gasteiger partial charge is 0.252 e. The quantitative estimate of drug-likeness (QED) is 0.371. The number of hydrogen-bond donors (Lipinski definition) is 0. The summed E-state index contributed by atoms with van der Waals surface area (Å²) in [6.07, 6.45) is 3.35. The van der Waals surface area contributed by atoms with E-state index in [4.69, 9.17) is 21.1 Å². The van der Waals surface area contributed by atoms with Crippen LogP contribution < -0.4 is 14.4 Å². The summed E-state index contributed by atoms with van der Waals surface area (Å²) < 4.78 is 11.6. The molecule has 0 atom stereocenters. The minimum atomic E-state index is -0.128. The monoisotopic (exact) mass is 473 g/mol. The van der Waals surface area contributed by atoms with Crippen LogP contribution >= 0.6 is 22.9 Å². The van der Waals surface area contributed by atoms with Gasteiger partial charge in [-0.1, -0.05) is 42.9 Å². The summed E-state index contributed by atoms with van der Waals surface area (Å²) in [4.78, 5) is 21.9. The summed E-state index contributed by atoms with van der Waals surface area (Å²) in [5.74, 6) is 1.13. The fraction of sp³-hybridized carbons (Fsp3) is 0.333. The minimum Gasteiger partial charge on any atom is -0.493 e. The lowest BCUT2D eigenvalue weighted by Crippen LogP contribution is -2.38. The Morgan fingerprint density at radius 1 is 1.06 bits per heavy atom. The van der Waals surface area contributed by atoms with E-state index in [2.05, 4.69) is 23.7 Å². The Morgan fingerprint density at radius 3 is 2.50 bits per heavy atom. The number of likely N-dealkylation sites (N-methyl/N-ethyl adjacent to an activating group) is 1. The van der Waals surface area contributed by atoms with Gasteiger partial charge in [0, 0.05) is 24.2 Å². The predicted molar refractivity (Wildman–Crippen MR) is 133 cm³/mol. The number of carbonyl (C=O) groups excluding carboxylic acids is 1. The van der Waals surface area contributed by atoms with Crippen molar-refractivity contribution in [2.45, 2.75) is 13.8 Å². The number of ether oxygens (including phenoxy) is 2. The van der Waals surface area contributed by atoms with E-state index >= 15 is 0 Å². The van der Waals surface area contributed by atoms with Crippen molar-refractivity contribution < 1.29 is 14.3 Å². The van der Waals surface area contributed by atoms with Crippen molar-refractivity contribution in [2.75, 3.05) is 45.3 Å². The van der Waals surface area contributed by atoms with Crippen molar-refractivity contribution >= 4 is 50.3 Å². The highest BCUT2D eigenvalue weighted by atomic mass is 35.5. The first-order valence-electron chi connectivity index (χ1n) is 10.5. The molecule has 0 bridgehead atoms. The summed E-state index contributed by atoms with van der Waals surface area (Å²) in [6, 6.07) is 11.1. The molecule has 8 heteroatoms. The standard InChI is InChI=1S/C24H28ClN3O3S/c1-5-27(6-2)13-14-28(24-26-19-10-9-18(25)16-22(19)32-24)23(29)12-8-17-7-11-20(30-3)21(15-17)31-4/h7-12,15-16H,5-6,13-14H2,1-4H3/b12-8+. The van der Waals surface area contributed by atoms with E-state index in [1.165, 1.54) is 11.3 Å². The summed E-state index contributed by atoms with van der Waals surface area (Å²) >= 11 is 7.60. The second kappa shape index (κ2) is 11.3. The molecule has 0 radical (unpaired) electrons. The zero-order chi connectivity index (χ0) is 23.1. The molecule has 0 aliphatic rings. The van der Waals surface area contributed by atoms with Crippen LogP contribution in [-0.2, 0) is 4.79 Å². The van der Waals surface area contributed by atoms with E-state index in [1.54, 1.807) is 31.3 Å². The van der Waals surface area contributed by atoms with Gasteiger partial charge in [-0.25, -0.2) is 4.98 Å². The second-order valence-corrected chi connectivity index (χ2v) is 8.52. The van der Waals surface area contributed by atoms with Crippen LogP contribution in [0.25, 0.3) is 16.3 Å². The van der Waals surface area contributed by atoms with Crippen molar-refractivity contribution in [3.63, 3.8) is 0 Å². The lowest BCUT2D eigenvalue weighted by molar-refractivity contribution is -0.114. The van der Waals surface area contributed by atoms with Crippen molar-refractivity contribution in [3.8, 4) is 11.5 Å². The Labute approximate surface area is 198 Å². The van der Waals surface area contributed by atoms with Crippen molar-refractivity contribution in [1.29, 1.82) is 0 Å². The molecule has 170 valence electrons. The number of fused-ring (bicyclic) bond motifs is 1. The topological polar surface area (TPSA) is 54.9 Å². The van der Waals surface area contributed by atoms with Crippen molar-refractivity contribution in [1.82, 2.24) is 9.88 Å². The van der Waals surface area contributed by atoms with E-state index < -0.39 is 0 Å². The van der Waals surface area contributed by atoms with Gasteiger partial charge in [-0.3, -0.25) is 9.69 Å². The normalized spacial score (nSPS) is 11.4. The number of carbonyl (C=O) groups is 1. The molecule has 3 rings (SSSR count). The highest BCUT2D eigenvalue weighted by molar-refractivity contribution is 7.22. The maximum atomic E-state index is 13.2. The van der Waals surface area contributed by atoms with Crippen LogP contribution in [-0.4, -0.2) is 56.2 Å². The number of rotatable bonds is 10. The van der Waals surface area contributed by atoms with Gasteiger partial charge < -0.3 is 14.4 Å². The van der Waals surface area contributed by atoms with Gasteiger partial charge in [0.15, 0.2) is 16.6 Å². The zero-order valence-electron chi connectivity index (χ0n) is 18.8. The molecule has 0 spiro atoms. The molecule has 0 saturated heterocycles. The maximum absolute atomic E-state index is 13.2. The number of halogens is 1. The summed E-state index contributed by atoms with van der Waals surface area (Å²) in [7, 11) is 3.18. The van der Waals surface area contributed by atoms with Crippen LogP contribution in [0.15, 0.2) is 42.5 Å². The fourth-order valence-electron chi connectivity index (χ4n) is 3.30. The van der Waals surface area contributed by atoms with Gasteiger partial charge in [-0.05, 0) is 55.1 Å². The Balaban J connectivity index is 1.87. The van der Waals surface area contributed by atoms with Gasteiger partial charge in [0.1, 0.15) is 0 Å². The van der Waals surface area contributed by atoms with Crippen LogP contribution in [0.2, 0.25) is 5.02 Å². The average Bonchev–Trinajstić information content (AvgIpc) is 3.22. The SMILES string of the molecule is CCN(CC)CCN(C(=O)/C=C/c1ccc(OC)c(OC)c1)c1nc2ccc(Cl)cc2s1. The van der Waals surface area contributed by atoms with E-state index in [0.29, 0.717) is 28.2 Å². The summed E-state index contributed by atoms with van der Waals surface area (Å²) in [5, 5.41) is 1.32. The number of aromatic nitrogens is 1. The van der Waals surface area contributed by atoms with E-state index in [9.17, 15) is 4.79 Å². The number of thiazole rings is 1. The van der Waals surface area contributed by atoms with Crippen LogP contribution in [0.1, 0.15) is 19.4 Å². The van der Waals surface area contributed by atoms with Gasteiger partial charge in [-0.15, -0.1) is 0 Å². The summed E-state index contributed by atoms with van der Waals surface area (Å²) in [5.41, 5.74) is 1.68. The Hall–Kier alpha value is -2.61.